The number of ketones is 1. The van der Waals surface area contributed by atoms with Crippen LogP contribution in [0.15, 0.2) is 51.5 Å². The summed E-state index contributed by atoms with van der Waals surface area (Å²) in [5.41, 5.74) is 3.16. The van der Waals surface area contributed by atoms with E-state index in [9.17, 15) is 4.79 Å². The van der Waals surface area contributed by atoms with Gasteiger partial charge in [0, 0.05) is 37.2 Å². The van der Waals surface area contributed by atoms with Gasteiger partial charge in [-0.3, -0.25) is 9.78 Å². The molecule has 96 valence electrons. The molecule has 2 nitrogen and oxygen atoms in total. The Kier molecular flexibility index (Phi) is 2.59. The van der Waals surface area contributed by atoms with E-state index < -0.39 is 0 Å². The topological polar surface area (TPSA) is 30.0 Å². The fourth-order valence-corrected chi connectivity index (χ4v) is 3.73. The van der Waals surface area contributed by atoms with Crippen LogP contribution in [0.25, 0.3) is 21.9 Å². The Balaban J connectivity index is 2.32. The van der Waals surface area contributed by atoms with Crippen molar-refractivity contribution in [2.45, 2.75) is 0 Å². The molecule has 0 atom stereocenters. The highest BCUT2D eigenvalue weighted by Crippen LogP contribution is 2.45. The summed E-state index contributed by atoms with van der Waals surface area (Å²) in [7, 11) is 0. The molecule has 20 heavy (non-hydrogen) atoms. The zero-order valence-electron chi connectivity index (χ0n) is 10.2. The normalized spacial score (nSPS) is 12.6. The Morgan fingerprint density at radius 1 is 1.00 bits per heavy atom. The van der Waals surface area contributed by atoms with Crippen LogP contribution in [0, 0.1) is 0 Å². The number of fused-ring (bicyclic) bond motifs is 2. The van der Waals surface area contributed by atoms with E-state index in [1.54, 1.807) is 6.20 Å². The number of hydrogen-bond acceptors (Lipinski definition) is 2. The Morgan fingerprint density at radius 3 is 2.65 bits per heavy atom. The minimum Gasteiger partial charge on any atom is -0.287 e. The zero-order chi connectivity index (χ0) is 13.9. The van der Waals surface area contributed by atoms with Gasteiger partial charge in [-0.25, -0.2) is 0 Å². The summed E-state index contributed by atoms with van der Waals surface area (Å²) in [6.07, 6.45) is 1.66. The first-order valence-corrected chi connectivity index (χ1v) is 7.68. The van der Waals surface area contributed by atoms with E-state index in [0.717, 1.165) is 36.4 Å². The molecule has 0 saturated heterocycles. The minimum atomic E-state index is -0.00655. The van der Waals surface area contributed by atoms with Crippen LogP contribution in [0.4, 0.5) is 0 Å². The highest BCUT2D eigenvalue weighted by Gasteiger charge is 2.28. The fourth-order valence-electron chi connectivity index (χ4n) is 2.76. The molecule has 0 aliphatic heterocycles. The maximum atomic E-state index is 12.6. The van der Waals surface area contributed by atoms with Crippen LogP contribution in [0.3, 0.4) is 0 Å². The maximum absolute atomic E-state index is 12.6. The first kappa shape index (κ1) is 12.2. The SMILES string of the molecule is O=C1c2ncccc2-c2c(Br)c(Br)cc3cccc1c23. The average molecular weight is 389 g/mol. The standard InChI is InChI=1S/C16H7Br2NO/c17-11-7-8-3-1-4-10-12(8)13(14(11)18)9-5-2-6-19-15(9)16(10)20/h1-7H. The number of benzene rings is 2. The van der Waals surface area contributed by atoms with Crippen LogP contribution >= 0.6 is 31.9 Å². The first-order chi connectivity index (χ1) is 9.68. The Labute approximate surface area is 132 Å². The average Bonchev–Trinajstić information content (AvgIpc) is 2.47. The summed E-state index contributed by atoms with van der Waals surface area (Å²) in [4.78, 5) is 16.9. The Bertz CT molecular complexity index is 902. The van der Waals surface area contributed by atoms with Gasteiger partial charge in [-0.2, -0.15) is 0 Å². The molecule has 0 bridgehead atoms. The van der Waals surface area contributed by atoms with Gasteiger partial charge in [-0.15, -0.1) is 0 Å². The summed E-state index contributed by atoms with van der Waals surface area (Å²) in [5, 5.41) is 2.04. The molecule has 0 N–H and O–H groups in total. The molecule has 0 radical (unpaired) electrons. The fraction of sp³-hybridized carbons (Fsp3) is 0. The van der Waals surface area contributed by atoms with E-state index in [1.807, 2.05) is 36.4 Å². The largest absolute Gasteiger partial charge is 0.287 e. The molecule has 0 saturated carbocycles. The van der Waals surface area contributed by atoms with Crippen molar-refractivity contribution >= 4 is 48.4 Å². The molecule has 3 aromatic rings. The number of carbonyl (C=O) groups excluding carboxylic acids is 1. The highest BCUT2D eigenvalue weighted by molar-refractivity contribution is 9.13. The molecule has 0 amide bonds. The maximum Gasteiger partial charge on any atom is 0.212 e. The highest BCUT2D eigenvalue weighted by atomic mass is 79.9. The summed E-state index contributed by atoms with van der Waals surface area (Å²) in [6.45, 7) is 0. The number of carbonyl (C=O) groups is 1. The molecule has 1 heterocycles. The lowest BCUT2D eigenvalue weighted by Crippen LogP contribution is -2.12. The molecule has 1 aliphatic carbocycles. The number of rotatable bonds is 0. The van der Waals surface area contributed by atoms with Crippen LogP contribution < -0.4 is 0 Å². The smallest absolute Gasteiger partial charge is 0.212 e. The van der Waals surface area contributed by atoms with Crippen molar-refractivity contribution in [1.82, 2.24) is 4.98 Å². The molecule has 1 aliphatic rings. The second kappa shape index (κ2) is 4.24. The number of nitrogens with zero attached hydrogens (tertiary/aromatic N) is 1. The van der Waals surface area contributed by atoms with Crippen molar-refractivity contribution in [1.29, 1.82) is 0 Å². The lowest BCUT2D eigenvalue weighted by atomic mass is 9.85. The molecule has 0 spiro atoms. The zero-order valence-corrected chi connectivity index (χ0v) is 13.3. The van der Waals surface area contributed by atoms with Crippen LogP contribution in [-0.4, -0.2) is 10.8 Å². The van der Waals surface area contributed by atoms with Gasteiger partial charge < -0.3 is 0 Å². The van der Waals surface area contributed by atoms with E-state index in [0.29, 0.717) is 5.69 Å². The van der Waals surface area contributed by atoms with Crippen LogP contribution in [0.2, 0.25) is 0 Å². The minimum absolute atomic E-state index is 0.00655. The van der Waals surface area contributed by atoms with Crippen LogP contribution in [0.5, 0.6) is 0 Å². The van der Waals surface area contributed by atoms with E-state index in [2.05, 4.69) is 36.8 Å². The molecular weight excluding hydrogens is 382 g/mol. The van der Waals surface area contributed by atoms with Crippen molar-refractivity contribution in [3.8, 4) is 11.1 Å². The van der Waals surface area contributed by atoms with Gasteiger partial charge in [0.05, 0.1) is 0 Å². The summed E-state index contributed by atoms with van der Waals surface area (Å²) >= 11 is 7.20. The van der Waals surface area contributed by atoms with Crippen molar-refractivity contribution in [3.63, 3.8) is 0 Å². The van der Waals surface area contributed by atoms with Crippen molar-refractivity contribution in [2.75, 3.05) is 0 Å². The van der Waals surface area contributed by atoms with E-state index >= 15 is 0 Å². The quantitative estimate of drug-likeness (QED) is 0.425. The van der Waals surface area contributed by atoms with Gasteiger partial charge in [-0.1, -0.05) is 24.3 Å². The van der Waals surface area contributed by atoms with Gasteiger partial charge in [0.1, 0.15) is 5.69 Å². The Morgan fingerprint density at radius 2 is 1.80 bits per heavy atom. The third kappa shape index (κ3) is 1.49. The number of halogens is 2. The predicted octanol–water partition coefficient (Wildman–Crippen LogP) is 4.97. The molecule has 2 aromatic carbocycles. The van der Waals surface area contributed by atoms with Gasteiger partial charge in [0.15, 0.2) is 0 Å². The lowest BCUT2D eigenvalue weighted by molar-refractivity contribution is 0.103. The third-order valence-corrected chi connectivity index (χ3v) is 5.58. The molecule has 0 fully saturated rings. The number of hydrogen-bond donors (Lipinski definition) is 0. The molecule has 0 unspecified atom stereocenters. The number of pyridine rings is 1. The van der Waals surface area contributed by atoms with Crippen molar-refractivity contribution in [3.05, 3.63) is 62.8 Å². The monoisotopic (exact) mass is 387 g/mol. The van der Waals surface area contributed by atoms with E-state index in [-0.39, 0.29) is 5.78 Å². The van der Waals surface area contributed by atoms with Crippen molar-refractivity contribution in [2.24, 2.45) is 0 Å². The van der Waals surface area contributed by atoms with Gasteiger partial charge in [0.2, 0.25) is 5.78 Å². The first-order valence-electron chi connectivity index (χ1n) is 6.09. The molecular formula is C16H7Br2NO. The van der Waals surface area contributed by atoms with Gasteiger partial charge in [-0.05, 0) is 49.4 Å². The van der Waals surface area contributed by atoms with E-state index in [4.69, 9.17) is 0 Å². The third-order valence-electron chi connectivity index (χ3n) is 3.59. The van der Waals surface area contributed by atoms with Crippen LogP contribution in [-0.2, 0) is 0 Å². The second-order valence-electron chi connectivity index (χ2n) is 4.68. The lowest BCUT2D eigenvalue weighted by Gasteiger charge is -2.20. The predicted molar refractivity (Wildman–Crippen MR) is 86.0 cm³/mol. The summed E-state index contributed by atoms with van der Waals surface area (Å²) in [5.74, 6) is -0.00655. The molecule has 4 heteroatoms. The van der Waals surface area contributed by atoms with Gasteiger partial charge in [0.25, 0.3) is 0 Å². The second-order valence-corrected chi connectivity index (χ2v) is 6.33. The van der Waals surface area contributed by atoms with Gasteiger partial charge >= 0.3 is 0 Å². The van der Waals surface area contributed by atoms with Crippen molar-refractivity contribution < 1.29 is 4.79 Å². The molecule has 1 aromatic heterocycles. The van der Waals surface area contributed by atoms with Crippen LogP contribution in [0.1, 0.15) is 16.1 Å². The summed E-state index contributed by atoms with van der Waals surface area (Å²) in [6, 6.07) is 11.6. The number of aromatic nitrogens is 1. The summed E-state index contributed by atoms with van der Waals surface area (Å²) < 4.78 is 1.93. The Hall–Kier alpha value is -1.52. The van der Waals surface area contributed by atoms with E-state index in [1.165, 1.54) is 0 Å². The molecule has 4 rings (SSSR count).